The van der Waals surface area contributed by atoms with Gasteiger partial charge in [-0.25, -0.2) is 9.18 Å². The zero-order chi connectivity index (χ0) is 41.5. The van der Waals surface area contributed by atoms with Crippen molar-refractivity contribution < 1.29 is 56.8 Å². The number of thioether (sulfide) groups is 1. The van der Waals surface area contributed by atoms with Crippen molar-refractivity contribution in [3.8, 4) is 0 Å². The number of ether oxygens (including phenoxy) is 5. The van der Waals surface area contributed by atoms with E-state index in [-0.39, 0.29) is 54.0 Å². The van der Waals surface area contributed by atoms with E-state index in [1.54, 1.807) is 19.1 Å². The first-order valence-corrected chi connectivity index (χ1v) is 20.5. The molecule has 2 aliphatic heterocycles. The van der Waals surface area contributed by atoms with Gasteiger partial charge in [0, 0.05) is 47.3 Å². The minimum absolute atomic E-state index is 0.0150. The first-order valence-electron chi connectivity index (χ1n) is 19.5. The molecule has 0 aromatic heterocycles. The van der Waals surface area contributed by atoms with E-state index in [4.69, 9.17) is 23.7 Å². The SMILES string of the molecule is Cc1ccc(C(=O)NCCOCCOCCOCCOCCOCCNC(=O)CCCC[C@@H]2SC[C@@H]3NC(=O)N[C@@H]32)cc1NC(=O)C(=O)CC(=O)c1ccc(F)cc1. The molecule has 0 unspecified atom stereocenters. The van der Waals surface area contributed by atoms with Crippen molar-refractivity contribution in [2.24, 2.45) is 0 Å². The fourth-order valence-electron chi connectivity index (χ4n) is 6.00. The second-order valence-electron chi connectivity index (χ2n) is 13.5. The summed E-state index contributed by atoms with van der Waals surface area (Å²) in [7, 11) is 0. The molecule has 0 bridgehead atoms. The lowest BCUT2D eigenvalue weighted by molar-refractivity contribution is -0.134. The average molecular weight is 832 g/mol. The molecule has 2 fully saturated rings. The smallest absolute Gasteiger partial charge is 0.315 e. The molecule has 2 aromatic rings. The van der Waals surface area contributed by atoms with Crippen LogP contribution in [0.1, 0.15) is 58.4 Å². The van der Waals surface area contributed by atoms with E-state index in [1.165, 1.54) is 18.2 Å². The lowest BCUT2D eigenvalue weighted by Gasteiger charge is -2.16. The maximum atomic E-state index is 13.1. The van der Waals surface area contributed by atoms with Crippen LogP contribution in [0.5, 0.6) is 0 Å². The van der Waals surface area contributed by atoms with Crippen molar-refractivity contribution >= 4 is 52.8 Å². The lowest BCUT2D eigenvalue weighted by Crippen LogP contribution is -2.36. The maximum absolute atomic E-state index is 13.1. The summed E-state index contributed by atoms with van der Waals surface area (Å²) in [5.41, 5.74) is 1.23. The number of amides is 5. The summed E-state index contributed by atoms with van der Waals surface area (Å²) in [6, 6.07) is 9.67. The summed E-state index contributed by atoms with van der Waals surface area (Å²) < 4.78 is 40.5. The predicted molar refractivity (Wildman–Crippen MR) is 214 cm³/mol. The highest BCUT2D eigenvalue weighted by Gasteiger charge is 2.42. The van der Waals surface area contributed by atoms with Crippen molar-refractivity contribution in [1.82, 2.24) is 21.3 Å². The van der Waals surface area contributed by atoms with E-state index < -0.39 is 35.6 Å². The van der Waals surface area contributed by atoms with Crippen molar-refractivity contribution in [2.45, 2.75) is 56.4 Å². The van der Waals surface area contributed by atoms with Gasteiger partial charge in [0.05, 0.1) is 84.6 Å². The van der Waals surface area contributed by atoms with Crippen LogP contribution in [0.4, 0.5) is 14.9 Å². The number of urea groups is 1. The second-order valence-corrected chi connectivity index (χ2v) is 14.8. The minimum Gasteiger partial charge on any atom is -0.377 e. The van der Waals surface area contributed by atoms with E-state index in [0.717, 1.165) is 37.1 Å². The molecule has 4 rings (SSSR count). The molecule has 58 heavy (non-hydrogen) atoms. The largest absolute Gasteiger partial charge is 0.377 e. The molecule has 0 radical (unpaired) electrons. The fraction of sp³-hybridized carbons (Fsp3) is 0.550. The van der Waals surface area contributed by atoms with E-state index in [0.29, 0.717) is 83.2 Å². The summed E-state index contributed by atoms with van der Waals surface area (Å²) in [6.07, 6.45) is 2.56. The maximum Gasteiger partial charge on any atom is 0.315 e. The van der Waals surface area contributed by atoms with Crippen molar-refractivity contribution in [3.63, 3.8) is 0 Å². The third-order valence-electron chi connectivity index (χ3n) is 9.16. The van der Waals surface area contributed by atoms with Gasteiger partial charge in [-0.15, -0.1) is 0 Å². The van der Waals surface area contributed by atoms with Crippen LogP contribution in [0.15, 0.2) is 42.5 Å². The Labute approximate surface area is 341 Å². The summed E-state index contributed by atoms with van der Waals surface area (Å²) in [5, 5.41) is 14.4. The molecule has 18 heteroatoms. The highest BCUT2D eigenvalue weighted by molar-refractivity contribution is 8.00. The molecule has 0 saturated carbocycles. The number of fused-ring (bicyclic) bond motifs is 1. The molecule has 2 saturated heterocycles. The summed E-state index contributed by atoms with van der Waals surface area (Å²) >= 11 is 1.88. The third-order valence-corrected chi connectivity index (χ3v) is 10.7. The van der Waals surface area contributed by atoms with Crippen LogP contribution < -0.4 is 26.6 Å². The van der Waals surface area contributed by atoms with Gasteiger partial charge in [0.25, 0.3) is 11.8 Å². The standard InChI is InChI=1S/C40H54FN5O11S/c1-27-6-7-29(24-31(27)44-39(51)34(48)25-33(47)28-8-10-30(41)11-9-28)38(50)43-13-15-54-17-19-56-21-23-57-22-20-55-18-16-53-14-12-42-36(49)5-3-2-4-35-37-32(26-58-35)45-40(52)46-37/h6-11,24,32,35,37H,2-5,12-23,25-26H2,1H3,(H,42,49)(H,43,50)(H,44,51)(H2,45,46,52)/t32-,35-,37-/m0/s1. The molecule has 2 heterocycles. The van der Waals surface area contributed by atoms with Crippen molar-refractivity contribution in [1.29, 1.82) is 0 Å². The number of carbonyl (C=O) groups is 6. The summed E-state index contributed by atoms with van der Waals surface area (Å²) in [5.74, 6) is -2.55. The molecular formula is C40H54FN5O11S. The van der Waals surface area contributed by atoms with Gasteiger partial charge in [0.2, 0.25) is 11.7 Å². The molecule has 5 amide bonds. The Morgan fingerprint density at radius 2 is 1.34 bits per heavy atom. The quantitative estimate of drug-likeness (QED) is 0.0264. The zero-order valence-electron chi connectivity index (χ0n) is 32.8. The second kappa shape index (κ2) is 25.8. The molecular weight excluding hydrogens is 778 g/mol. The number of anilines is 1. The Bertz CT molecular complexity index is 1670. The molecule has 16 nitrogen and oxygen atoms in total. The number of hydrogen-bond acceptors (Lipinski definition) is 12. The summed E-state index contributed by atoms with van der Waals surface area (Å²) in [4.78, 5) is 73.3. The van der Waals surface area contributed by atoms with Gasteiger partial charge in [0.1, 0.15) is 5.82 Å². The van der Waals surface area contributed by atoms with Gasteiger partial charge < -0.3 is 50.3 Å². The molecule has 318 valence electrons. The Balaban J connectivity index is 0.894. The number of benzene rings is 2. The van der Waals surface area contributed by atoms with Crippen LogP contribution >= 0.6 is 11.8 Å². The first-order chi connectivity index (χ1) is 28.1. The number of hydrogen-bond donors (Lipinski definition) is 5. The highest BCUT2D eigenvalue weighted by Crippen LogP contribution is 2.33. The van der Waals surface area contributed by atoms with E-state index in [2.05, 4.69) is 26.6 Å². The number of rotatable bonds is 29. The van der Waals surface area contributed by atoms with Crippen LogP contribution in [0.2, 0.25) is 0 Å². The Morgan fingerprint density at radius 3 is 1.98 bits per heavy atom. The van der Waals surface area contributed by atoms with Gasteiger partial charge in [-0.05, 0) is 61.7 Å². The topological polar surface area (TPSA) is 209 Å². The van der Waals surface area contributed by atoms with Crippen LogP contribution in [0, 0.1) is 12.7 Å². The van der Waals surface area contributed by atoms with Crippen LogP contribution in [0.3, 0.4) is 0 Å². The van der Waals surface area contributed by atoms with Gasteiger partial charge in [-0.3, -0.25) is 24.0 Å². The molecule has 2 aliphatic rings. The number of carbonyl (C=O) groups excluding carboxylic acids is 6. The average Bonchev–Trinajstić information content (AvgIpc) is 3.77. The van der Waals surface area contributed by atoms with E-state index in [1.807, 2.05) is 11.8 Å². The van der Waals surface area contributed by atoms with Crippen molar-refractivity contribution in [2.75, 3.05) is 90.2 Å². The number of unbranched alkanes of at least 4 members (excludes halogenated alkanes) is 1. The first kappa shape index (κ1) is 46.2. The number of Topliss-reactive ketones (excluding diaryl/α,β-unsaturated/α-hetero) is 2. The number of halogens is 1. The molecule has 0 aliphatic carbocycles. The molecule has 0 spiro atoms. The van der Waals surface area contributed by atoms with Gasteiger partial charge in [0.15, 0.2) is 5.78 Å². The van der Waals surface area contributed by atoms with Gasteiger partial charge in [-0.1, -0.05) is 12.5 Å². The van der Waals surface area contributed by atoms with Gasteiger partial charge in [-0.2, -0.15) is 11.8 Å². The van der Waals surface area contributed by atoms with Crippen LogP contribution in [0.25, 0.3) is 0 Å². The molecule has 2 aromatic carbocycles. The molecule has 5 N–H and O–H groups in total. The lowest BCUT2D eigenvalue weighted by atomic mass is 10.0. The zero-order valence-corrected chi connectivity index (χ0v) is 33.6. The Morgan fingerprint density at radius 1 is 0.759 bits per heavy atom. The Kier molecular flexibility index (Phi) is 20.6. The normalized spacial score (nSPS) is 16.9. The third kappa shape index (κ3) is 16.8. The predicted octanol–water partition coefficient (Wildman–Crippen LogP) is 2.57. The summed E-state index contributed by atoms with van der Waals surface area (Å²) in [6.45, 7) is 6.14. The monoisotopic (exact) mass is 831 g/mol. The number of aryl methyl sites for hydroxylation is 1. The van der Waals surface area contributed by atoms with Crippen LogP contribution in [-0.4, -0.2) is 138 Å². The number of nitrogens with one attached hydrogen (secondary N) is 5. The van der Waals surface area contributed by atoms with E-state index >= 15 is 0 Å². The highest BCUT2D eigenvalue weighted by atomic mass is 32.2. The number of ketones is 2. The fourth-order valence-corrected chi connectivity index (χ4v) is 7.54. The van der Waals surface area contributed by atoms with Gasteiger partial charge >= 0.3 is 6.03 Å². The molecule has 3 atom stereocenters. The minimum atomic E-state index is -1.00. The van der Waals surface area contributed by atoms with E-state index in [9.17, 15) is 33.2 Å². The van der Waals surface area contributed by atoms with Crippen molar-refractivity contribution in [3.05, 3.63) is 65.0 Å². The van der Waals surface area contributed by atoms with Crippen LogP contribution in [-0.2, 0) is 38.1 Å². The Hall–Kier alpha value is -4.46.